The van der Waals surface area contributed by atoms with Gasteiger partial charge in [-0.05, 0) is 83.5 Å². The molecule has 0 N–H and O–H groups in total. The van der Waals surface area contributed by atoms with Crippen LogP contribution in [-0.2, 0) is 0 Å². The zero-order chi connectivity index (χ0) is 36.7. The van der Waals surface area contributed by atoms with Crippen molar-refractivity contribution in [3.63, 3.8) is 0 Å². The topological polar surface area (TPSA) is 38.7 Å². The van der Waals surface area contributed by atoms with Gasteiger partial charge in [-0.25, -0.2) is 4.98 Å². The maximum Gasteiger partial charge on any atom is 0.0970 e. The minimum Gasteiger partial charge on any atom is -0.254 e. The summed E-state index contributed by atoms with van der Waals surface area (Å²) < 4.78 is 0. The van der Waals surface area contributed by atoms with Gasteiger partial charge in [-0.2, -0.15) is 0 Å². The summed E-state index contributed by atoms with van der Waals surface area (Å²) in [6.45, 7) is 0. The van der Waals surface area contributed by atoms with E-state index in [2.05, 4.69) is 170 Å². The Bertz CT molecular complexity index is 3530. The predicted molar refractivity (Wildman–Crippen MR) is 236 cm³/mol. The van der Waals surface area contributed by atoms with Gasteiger partial charge in [-0.3, -0.25) is 9.97 Å². The Labute approximate surface area is 322 Å². The Balaban J connectivity index is 1.11. The van der Waals surface area contributed by atoms with E-state index in [1.165, 1.54) is 75.9 Å². The zero-order valence-corrected chi connectivity index (χ0v) is 30.2. The Morgan fingerprint density at radius 1 is 0.304 bits per heavy atom. The number of nitrogens with zero attached hydrogens (tertiary/aromatic N) is 3. The van der Waals surface area contributed by atoms with E-state index in [1.54, 1.807) is 0 Å². The Morgan fingerprint density at radius 3 is 1.52 bits per heavy atom. The first-order valence-corrected chi connectivity index (χ1v) is 19.1. The molecule has 0 spiro atoms. The van der Waals surface area contributed by atoms with Gasteiger partial charge in [0, 0.05) is 44.9 Å². The minimum absolute atomic E-state index is 0.920. The fourth-order valence-electron chi connectivity index (χ4n) is 9.33. The molecule has 3 heteroatoms. The number of benzene rings is 9. The van der Waals surface area contributed by atoms with Gasteiger partial charge < -0.3 is 0 Å². The highest BCUT2D eigenvalue weighted by Crippen LogP contribution is 2.47. The lowest BCUT2D eigenvalue weighted by atomic mass is 9.85. The largest absolute Gasteiger partial charge is 0.254 e. The quantitative estimate of drug-likeness (QED) is 0.135. The van der Waals surface area contributed by atoms with E-state index in [4.69, 9.17) is 15.0 Å². The number of aromatic nitrogens is 3. The average molecular weight is 710 g/mol. The van der Waals surface area contributed by atoms with Crippen LogP contribution < -0.4 is 0 Å². The predicted octanol–water partition coefficient (Wildman–Crippen LogP) is 14.1. The molecule has 56 heavy (non-hydrogen) atoms. The minimum atomic E-state index is 0.920. The summed E-state index contributed by atoms with van der Waals surface area (Å²) in [4.78, 5) is 15.0. The van der Waals surface area contributed by atoms with Gasteiger partial charge in [0.05, 0.1) is 22.2 Å². The lowest BCUT2D eigenvalue weighted by molar-refractivity contribution is 1.37. The highest BCUT2D eigenvalue weighted by atomic mass is 14.7. The molecule has 0 unspecified atom stereocenters. The average Bonchev–Trinajstić information content (AvgIpc) is 3.27. The molecule has 0 saturated carbocycles. The van der Waals surface area contributed by atoms with Crippen LogP contribution in [0.3, 0.4) is 0 Å². The molecular formula is C53H31N3. The van der Waals surface area contributed by atoms with Crippen molar-refractivity contribution < 1.29 is 0 Å². The van der Waals surface area contributed by atoms with Crippen LogP contribution >= 0.6 is 0 Å². The Hall–Kier alpha value is -7.49. The second-order valence-electron chi connectivity index (χ2n) is 14.6. The molecule has 0 saturated heterocycles. The molecule has 0 atom stereocenters. The molecule has 12 aromatic rings. The van der Waals surface area contributed by atoms with Crippen molar-refractivity contribution in [1.82, 2.24) is 15.0 Å². The molecule has 0 amide bonds. The first kappa shape index (κ1) is 30.9. The van der Waals surface area contributed by atoms with Gasteiger partial charge in [-0.1, -0.05) is 158 Å². The van der Waals surface area contributed by atoms with Crippen LogP contribution in [0.5, 0.6) is 0 Å². The van der Waals surface area contributed by atoms with Crippen LogP contribution in [0.25, 0.3) is 120 Å². The number of rotatable bonds is 3. The van der Waals surface area contributed by atoms with Gasteiger partial charge in [0.15, 0.2) is 0 Å². The number of hydrogen-bond donors (Lipinski definition) is 0. The normalized spacial score (nSPS) is 11.9. The second kappa shape index (κ2) is 12.0. The van der Waals surface area contributed by atoms with Crippen LogP contribution in [0.15, 0.2) is 188 Å². The number of pyridine rings is 3. The summed E-state index contributed by atoms with van der Waals surface area (Å²) in [6.07, 6.45) is 3.78. The van der Waals surface area contributed by atoms with Crippen molar-refractivity contribution in [2.75, 3.05) is 0 Å². The molecule has 3 heterocycles. The third-order valence-electron chi connectivity index (χ3n) is 11.7. The fourth-order valence-corrected chi connectivity index (χ4v) is 9.33. The molecule has 258 valence electrons. The van der Waals surface area contributed by atoms with Gasteiger partial charge in [0.2, 0.25) is 0 Å². The summed E-state index contributed by atoms with van der Waals surface area (Å²) >= 11 is 0. The van der Waals surface area contributed by atoms with Crippen LogP contribution in [0, 0.1) is 0 Å². The van der Waals surface area contributed by atoms with E-state index in [1.807, 2.05) is 18.5 Å². The van der Waals surface area contributed by atoms with Crippen LogP contribution in [0.4, 0.5) is 0 Å². The molecule has 12 rings (SSSR count). The maximum atomic E-state index is 5.41. The maximum absolute atomic E-state index is 5.41. The summed E-state index contributed by atoms with van der Waals surface area (Å²) in [5.41, 5.74) is 9.71. The third-order valence-corrected chi connectivity index (χ3v) is 11.7. The second-order valence-corrected chi connectivity index (χ2v) is 14.6. The van der Waals surface area contributed by atoms with Crippen molar-refractivity contribution in [2.45, 2.75) is 0 Å². The number of fused-ring (bicyclic) bond motifs is 13. The number of hydrogen-bond acceptors (Lipinski definition) is 3. The van der Waals surface area contributed by atoms with E-state index < -0.39 is 0 Å². The van der Waals surface area contributed by atoms with Crippen molar-refractivity contribution in [3.05, 3.63) is 188 Å². The lowest BCUT2D eigenvalue weighted by Gasteiger charge is -2.19. The molecule has 0 bridgehead atoms. The first-order chi connectivity index (χ1) is 27.8. The molecule has 0 aliphatic carbocycles. The van der Waals surface area contributed by atoms with E-state index in [0.29, 0.717) is 0 Å². The standard InChI is InChI=1S/C53H31N3/c1-3-15-37-35(13-1)36-14-2-4-16-38(36)50-49(37)45-21-9-10-22-46(45)56-51(50)34-25-23-32(24-26-34)47-39-17-5-7-19-41(39)48(42-20-8-6-18-40(42)47)43-29-31-55-53-44(43)28-27-33-12-11-30-54-52(33)53/h1-31H. The summed E-state index contributed by atoms with van der Waals surface area (Å²) in [5, 5.41) is 15.6. The SMILES string of the molecule is c1cnc2c(c1)ccc1c(-c3c4ccccc4c(-c4ccc(-c5nc6ccccc6c6c7ccccc7c7ccccc7c56)cc4)c4ccccc34)ccnc12. The van der Waals surface area contributed by atoms with Crippen molar-refractivity contribution >= 4 is 86.6 Å². The van der Waals surface area contributed by atoms with Gasteiger partial charge in [0.25, 0.3) is 0 Å². The number of para-hydroxylation sites is 1. The van der Waals surface area contributed by atoms with Gasteiger partial charge >= 0.3 is 0 Å². The van der Waals surface area contributed by atoms with Crippen LogP contribution in [0.2, 0.25) is 0 Å². The summed E-state index contributed by atoms with van der Waals surface area (Å²) in [5.74, 6) is 0. The highest BCUT2D eigenvalue weighted by molar-refractivity contribution is 6.33. The summed E-state index contributed by atoms with van der Waals surface area (Å²) in [6, 6.07) is 63.5. The molecule has 0 radical (unpaired) electrons. The highest BCUT2D eigenvalue weighted by Gasteiger charge is 2.21. The molecule has 0 fully saturated rings. The molecular weight excluding hydrogens is 679 g/mol. The van der Waals surface area contributed by atoms with E-state index in [-0.39, 0.29) is 0 Å². The molecule has 0 aliphatic heterocycles. The lowest BCUT2D eigenvalue weighted by Crippen LogP contribution is -1.94. The Kier molecular flexibility index (Phi) is 6.63. The smallest absolute Gasteiger partial charge is 0.0970 e. The fraction of sp³-hybridized carbons (Fsp3) is 0. The van der Waals surface area contributed by atoms with Crippen molar-refractivity contribution in [1.29, 1.82) is 0 Å². The van der Waals surface area contributed by atoms with Crippen molar-refractivity contribution in [3.8, 4) is 33.5 Å². The van der Waals surface area contributed by atoms with Crippen molar-refractivity contribution in [2.24, 2.45) is 0 Å². The van der Waals surface area contributed by atoms with E-state index in [0.717, 1.165) is 44.1 Å². The van der Waals surface area contributed by atoms with E-state index >= 15 is 0 Å². The molecule has 3 aromatic heterocycles. The van der Waals surface area contributed by atoms with Crippen LogP contribution in [0.1, 0.15) is 0 Å². The molecule has 3 nitrogen and oxygen atoms in total. The zero-order valence-electron chi connectivity index (χ0n) is 30.2. The van der Waals surface area contributed by atoms with Gasteiger partial charge in [0.1, 0.15) is 0 Å². The Morgan fingerprint density at radius 2 is 0.839 bits per heavy atom. The summed E-state index contributed by atoms with van der Waals surface area (Å²) in [7, 11) is 0. The van der Waals surface area contributed by atoms with Gasteiger partial charge in [-0.15, -0.1) is 0 Å². The van der Waals surface area contributed by atoms with E-state index in [9.17, 15) is 0 Å². The first-order valence-electron chi connectivity index (χ1n) is 19.1. The third kappa shape index (κ3) is 4.43. The molecule has 9 aromatic carbocycles. The molecule has 0 aliphatic rings. The monoisotopic (exact) mass is 709 g/mol. The van der Waals surface area contributed by atoms with Crippen LogP contribution in [-0.4, -0.2) is 15.0 Å².